The minimum absolute atomic E-state index is 0.337. The highest BCUT2D eigenvalue weighted by molar-refractivity contribution is 4.90. The Balaban J connectivity index is 1.75. The van der Waals surface area contributed by atoms with Crippen molar-refractivity contribution >= 4 is 0 Å². The molecule has 1 saturated heterocycles. The zero-order chi connectivity index (χ0) is 13.2. The average molecular weight is 253 g/mol. The Labute approximate surface area is 113 Å². The molecule has 0 aromatic carbocycles. The molecule has 1 saturated carbocycles. The van der Waals surface area contributed by atoms with Gasteiger partial charge in [-0.25, -0.2) is 0 Å². The molecule has 3 nitrogen and oxygen atoms in total. The van der Waals surface area contributed by atoms with Crippen LogP contribution in [-0.2, 0) is 0 Å². The molecule has 106 valence electrons. The number of piperazine rings is 1. The van der Waals surface area contributed by atoms with E-state index in [-0.39, 0.29) is 0 Å². The van der Waals surface area contributed by atoms with E-state index in [0.717, 1.165) is 18.5 Å². The Kier molecular flexibility index (Phi) is 4.68. The van der Waals surface area contributed by atoms with E-state index < -0.39 is 0 Å². The van der Waals surface area contributed by atoms with E-state index in [9.17, 15) is 0 Å². The van der Waals surface area contributed by atoms with Crippen molar-refractivity contribution in [1.82, 2.24) is 15.1 Å². The van der Waals surface area contributed by atoms with E-state index in [1.165, 1.54) is 45.6 Å². The van der Waals surface area contributed by atoms with Crippen LogP contribution in [0.3, 0.4) is 0 Å². The van der Waals surface area contributed by atoms with Gasteiger partial charge in [0.25, 0.3) is 0 Å². The SMILES string of the molecule is CCNC(CN1CCN(C(C)(C)C)CC1)C1CC1. The van der Waals surface area contributed by atoms with E-state index >= 15 is 0 Å². The van der Waals surface area contributed by atoms with Crippen LogP contribution in [0, 0.1) is 5.92 Å². The lowest BCUT2D eigenvalue weighted by Crippen LogP contribution is -2.55. The summed E-state index contributed by atoms with van der Waals surface area (Å²) in [7, 11) is 0. The lowest BCUT2D eigenvalue weighted by atomic mass is 10.0. The van der Waals surface area contributed by atoms with Gasteiger partial charge in [-0.2, -0.15) is 0 Å². The molecule has 1 heterocycles. The van der Waals surface area contributed by atoms with Crippen LogP contribution in [0.1, 0.15) is 40.5 Å². The molecule has 1 N–H and O–H groups in total. The molecule has 1 aliphatic heterocycles. The van der Waals surface area contributed by atoms with E-state index in [4.69, 9.17) is 0 Å². The molecule has 2 aliphatic rings. The summed E-state index contributed by atoms with van der Waals surface area (Å²) in [5, 5.41) is 3.68. The van der Waals surface area contributed by atoms with Gasteiger partial charge in [0.2, 0.25) is 0 Å². The Morgan fingerprint density at radius 2 is 1.72 bits per heavy atom. The maximum Gasteiger partial charge on any atom is 0.0223 e. The highest BCUT2D eigenvalue weighted by atomic mass is 15.3. The van der Waals surface area contributed by atoms with Gasteiger partial charge in [-0.1, -0.05) is 6.92 Å². The van der Waals surface area contributed by atoms with Crippen LogP contribution in [0.25, 0.3) is 0 Å². The largest absolute Gasteiger partial charge is 0.313 e. The zero-order valence-corrected chi connectivity index (χ0v) is 12.7. The summed E-state index contributed by atoms with van der Waals surface area (Å²) in [6, 6.07) is 0.746. The fourth-order valence-corrected chi connectivity index (χ4v) is 3.02. The van der Waals surface area contributed by atoms with Crippen molar-refractivity contribution in [1.29, 1.82) is 0 Å². The smallest absolute Gasteiger partial charge is 0.0223 e. The number of rotatable bonds is 5. The van der Waals surface area contributed by atoms with Gasteiger partial charge in [-0.15, -0.1) is 0 Å². The van der Waals surface area contributed by atoms with Crippen molar-refractivity contribution in [2.24, 2.45) is 5.92 Å². The van der Waals surface area contributed by atoms with Gasteiger partial charge in [0.15, 0.2) is 0 Å². The van der Waals surface area contributed by atoms with Gasteiger partial charge >= 0.3 is 0 Å². The second-order valence-electron chi connectivity index (χ2n) is 6.96. The van der Waals surface area contributed by atoms with Crippen LogP contribution in [0.15, 0.2) is 0 Å². The zero-order valence-electron chi connectivity index (χ0n) is 12.7. The van der Waals surface area contributed by atoms with Crippen LogP contribution in [-0.4, -0.2) is 60.6 Å². The second-order valence-corrected chi connectivity index (χ2v) is 6.96. The second kappa shape index (κ2) is 5.89. The summed E-state index contributed by atoms with van der Waals surface area (Å²) in [6.07, 6.45) is 2.89. The normalized spacial score (nSPS) is 25.3. The average Bonchev–Trinajstić information content (AvgIpc) is 3.12. The van der Waals surface area contributed by atoms with E-state index in [1.54, 1.807) is 0 Å². The number of nitrogens with one attached hydrogen (secondary N) is 1. The van der Waals surface area contributed by atoms with Crippen LogP contribution in [0.4, 0.5) is 0 Å². The third kappa shape index (κ3) is 3.94. The molecule has 3 heteroatoms. The van der Waals surface area contributed by atoms with E-state index in [2.05, 4.69) is 42.8 Å². The van der Waals surface area contributed by atoms with Crippen molar-refractivity contribution in [3.63, 3.8) is 0 Å². The van der Waals surface area contributed by atoms with Gasteiger partial charge in [0.05, 0.1) is 0 Å². The summed E-state index contributed by atoms with van der Waals surface area (Å²) >= 11 is 0. The van der Waals surface area contributed by atoms with Crippen molar-refractivity contribution in [3.8, 4) is 0 Å². The molecular weight excluding hydrogens is 222 g/mol. The van der Waals surface area contributed by atoms with Crippen molar-refractivity contribution in [3.05, 3.63) is 0 Å². The first-order valence-corrected chi connectivity index (χ1v) is 7.71. The highest BCUT2D eigenvalue weighted by Gasteiger charge is 2.33. The molecule has 2 rings (SSSR count). The van der Waals surface area contributed by atoms with Crippen LogP contribution >= 0.6 is 0 Å². The molecule has 1 atom stereocenters. The molecule has 0 bridgehead atoms. The molecule has 0 aromatic heterocycles. The van der Waals surface area contributed by atoms with Gasteiger partial charge in [0, 0.05) is 44.3 Å². The van der Waals surface area contributed by atoms with Crippen LogP contribution in [0.5, 0.6) is 0 Å². The minimum atomic E-state index is 0.337. The van der Waals surface area contributed by atoms with Gasteiger partial charge in [-0.05, 0) is 46.1 Å². The molecule has 18 heavy (non-hydrogen) atoms. The van der Waals surface area contributed by atoms with E-state index in [1.807, 2.05) is 0 Å². The molecule has 0 aromatic rings. The van der Waals surface area contributed by atoms with Crippen molar-refractivity contribution < 1.29 is 0 Å². The maximum absolute atomic E-state index is 3.68. The third-order valence-corrected chi connectivity index (χ3v) is 4.43. The monoisotopic (exact) mass is 253 g/mol. The first kappa shape index (κ1) is 14.3. The summed E-state index contributed by atoms with van der Waals surface area (Å²) < 4.78 is 0. The lowest BCUT2D eigenvalue weighted by molar-refractivity contribution is 0.0569. The van der Waals surface area contributed by atoms with Gasteiger partial charge in [0.1, 0.15) is 0 Å². The molecular formula is C15H31N3. The fourth-order valence-electron chi connectivity index (χ4n) is 3.02. The lowest BCUT2D eigenvalue weighted by Gasteiger charge is -2.43. The van der Waals surface area contributed by atoms with Crippen LogP contribution in [0.2, 0.25) is 0 Å². The summed E-state index contributed by atoms with van der Waals surface area (Å²) in [6.45, 7) is 16.5. The van der Waals surface area contributed by atoms with E-state index in [0.29, 0.717) is 5.54 Å². The molecule has 1 unspecified atom stereocenters. The Hall–Kier alpha value is -0.120. The molecule has 1 aliphatic carbocycles. The van der Waals surface area contributed by atoms with Crippen molar-refractivity contribution in [2.75, 3.05) is 39.3 Å². The molecule has 2 fully saturated rings. The Morgan fingerprint density at radius 1 is 1.11 bits per heavy atom. The summed E-state index contributed by atoms with van der Waals surface area (Å²) in [5.74, 6) is 0.964. The first-order chi connectivity index (χ1) is 8.50. The number of nitrogens with zero attached hydrogens (tertiary/aromatic N) is 2. The molecule has 0 spiro atoms. The number of hydrogen-bond acceptors (Lipinski definition) is 3. The first-order valence-electron chi connectivity index (χ1n) is 7.71. The number of likely N-dealkylation sites (N-methyl/N-ethyl adjacent to an activating group) is 1. The van der Waals surface area contributed by atoms with Crippen molar-refractivity contribution in [2.45, 2.75) is 52.1 Å². The minimum Gasteiger partial charge on any atom is -0.313 e. The predicted molar refractivity (Wildman–Crippen MR) is 78.0 cm³/mol. The molecule has 0 amide bonds. The van der Waals surface area contributed by atoms with Crippen LogP contribution < -0.4 is 5.32 Å². The summed E-state index contributed by atoms with van der Waals surface area (Å²) in [5.41, 5.74) is 0.337. The van der Waals surface area contributed by atoms with Gasteiger partial charge < -0.3 is 5.32 Å². The summed E-state index contributed by atoms with van der Waals surface area (Å²) in [4.78, 5) is 5.27. The Morgan fingerprint density at radius 3 is 2.17 bits per heavy atom. The molecule has 0 radical (unpaired) electrons. The fraction of sp³-hybridized carbons (Fsp3) is 1.00. The predicted octanol–water partition coefficient (Wildman–Crippen LogP) is 1.79. The third-order valence-electron chi connectivity index (χ3n) is 4.43. The quantitative estimate of drug-likeness (QED) is 0.806. The number of hydrogen-bond donors (Lipinski definition) is 1. The highest BCUT2D eigenvalue weighted by Crippen LogP contribution is 2.33. The standard InChI is InChI=1S/C15H31N3/c1-5-16-14(13-6-7-13)12-17-8-10-18(11-9-17)15(2,3)4/h13-14,16H,5-12H2,1-4H3. The maximum atomic E-state index is 3.68. The Bertz CT molecular complexity index is 247. The topological polar surface area (TPSA) is 18.5 Å². The van der Waals surface area contributed by atoms with Gasteiger partial charge in [-0.3, -0.25) is 9.80 Å².